The van der Waals surface area contributed by atoms with Gasteiger partial charge in [0.1, 0.15) is 17.5 Å². The number of halogens is 5. The lowest BCUT2D eigenvalue weighted by Crippen LogP contribution is -2.49. The van der Waals surface area contributed by atoms with Gasteiger partial charge in [0.15, 0.2) is 5.84 Å². The first-order valence-electron chi connectivity index (χ1n) is 14.5. The van der Waals surface area contributed by atoms with Gasteiger partial charge in [-0.1, -0.05) is 34.5 Å². The van der Waals surface area contributed by atoms with Gasteiger partial charge < -0.3 is 35.2 Å². The molecule has 17 heteroatoms. The van der Waals surface area contributed by atoms with Crippen molar-refractivity contribution in [2.24, 2.45) is 10.9 Å². The lowest BCUT2D eigenvalue weighted by molar-refractivity contribution is -0.123. The van der Waals surface area contributed by atoms with Crippen molar-refractivity contribution in [1.29, 1.82) is 0 Å². The van der Waals surface area contributed by atoms with Crippen LogP contribution in [0.5, 0.6) is 0 Å². The van der Waals surface area contributed by atoms with Crippen LogP contribution in [0.25, 0.3) is 11.5 Å². The summed E-state index contributed by atoms with van der Waals surface area (Å²) in [5, 5.41) is 21.8. The molecule has 0 radical (unpaired) electrons. The average molecular weight is 666 g/mol. The molecule has 2 aliphatic rings. The molecule has 0 bridgehead atoms. The van der Waals surface area contributed by atoms with Crippen LogP contribution in [0, 0.1) is 5.82 Å². The van der Waals surface area contributed by atoms with Crippen molar-refractivity contribution >= 4 is 29.5 Å². The number of anilines is 2. The monoisotopic (exact) mass is 665 g/mol. The van der Waals surface area contributed by atoms with E-state index in [4.69, 9.17) is 20.1 Å². The largest absolute Gasteiger partial charge is 0.444 e. The first-order valence-corrected chi connectivity index (χ1v) is 14.5. The number of hydrogen-bond donors (Lipinski definition) is 3. The van der Waals surface area contributed by atoms with E-state index in [1.165, 1.54) is 29.2 Å². The Morgan fingerprint density at radius 1 is 1.15 bits per heavy atom. The minimum Gasteiger partial charge on any atom is -0.444 e. The molecule has 252 valence electrons. The maximum Gasteiger partial charge on any atom is 0.408 e. The molecule has 1 atom stereocenters. The number of amides is 2. The zero-order valence-corrected chi connectivity index (χ0v) is 25.6. The minimum absolute atomic E-state index is 0.101. The highest BCUT2D eigenvalue weighted by Crippen LogP contribution is 2.45. The molecule has 1 aromatic heterocycles. The number of oxime groups is 1. The molecule has 4 N–H and O–H groups in total. The van der Waals surface area contributed by atoms with Gasteiger partial charge in [-0.2, -0.15) is 0 Å². The average Bonchev–Trinajstić information content (AvgIpc) is 3.45. The fourth-order valence-electron chi connectivity index (χ4n) is 5.23. The fourth-order valence-corrected chi connectivity index (χ4v) is 5.23. The lowest BCUT2D eigenvalue weighted by atomic mass is 9.99. The van der Waals surface area contributed by atoms with Gasteiger partial charge in [0.2, 0.25) is 5.91 Å². The predicted octanol–water partition coefficient (Wildman–Crippen LogP) is 5.13. The molecule has 1 saturated heterocycles. The van der Waals surface area contributed by atoms with Crippen LogP contribution in [0.2, 0.25) is 0 Å². The summed E-state index contributed by atoms with van der Waals surface area (Å²) in [5.41, 5.74) is 3.72. The summed E-state index contributed by atoms with van der Waals surface area (Å²) < 4.78 is 85.4. The van der Waals surface area contributed by atoms with Crippen molar-refractivity contribution in [3.63, 3.8) is 0 Å². The third-order valence-electron chi connectivity index (χ3n) is 7.59. The third kappa shape index (κ3) is 7.38. The number of carbonyl (C=O) groups excluding carboxylic acids is 2. The van der Waals surface area contributed by atoms with Gasteiger partial charge in [0, 0.05) is 43.5 Å². The summed E-state index contributed by atoms with van der Waals surface area (Å²) >= 11 is 0. The van der Waals surface area contributed by atoms with Crippen molar-refractivity contribution in [3.05, 3.63) is 58.9 Å². The van der Waals surface area contributed by atoms with Gasteiger partial charge in [-0.25, -0.2) is 26.7 Å². The number of alkyl carbamates (subject to hydrolysis) is 1. The number of fused-ring (bicyclic) bond motifs is 1. The van der Waals surface area contributed by atoms with Gasteiger partial charge in [0.25, 0.3) is 17.7 Å². The highest BCUT2D eigenvalue weighted by atomic mass is 19.3. The highest BCUT2D eigenvalue weighted by Gasteiger charge is 2.47. The molecular weight excluding hydrogens is 633 g/mol. The Labute approximate surface area is 265 Å². The van der Waals surface area contributed by atoms with Crippen LogP contribution < -0.4 is 20.9 Å². The van der Waals surface area contributed by atoms with Crippen molar-refractivity contribution in [2.75, 3.05) is 22.9 Å². The zero-order valence-electron chi connectivity index (χ0n) is 25.6. The molecule has 1 fully saturated rings. The number of benzene rings is 2. The summed E-state index contributed by atoms with van der Waals surface area (Å²) in [7, 11) is 0. The second-order valence-electron chi connectivity index (χ2n) is 12.3. The number of nitrogens with zero attached hydrogens (tertiary/aromatic N) is 5. The Morgan fingerprint density at radius 3 is 2.43 bits per heavy atom. The summed E-state index contributed by atoms with van der Waals surface area (Å²) in [4.78, 5) is 28.9. The van der Waals surface area contributed by atoms with E-state index in [1.807, 2.05) is 0 Å². The molecule has 2 aromatic carbocycles. The second-order valence-corrected chi connectivity index (χ2v) is 12.3. The number of nitrogens with two attached hydrogens (primary N) is 1. The number of amidine groups is 1. The Bertz CT molecular complexity index is 1680. The van der Waals surface area contributed by atoms with E-state index in [0.29, 0.717) is 17.2 Å². The van der Waals surface area contributed by atoms with Crippen LogP contribution in [0.1, 0.15) is 56.7 Å². The normalized spacial score (nSPS) is 19.6. The summed E-state index contributed by atoms with van der Waals surface area (Å²) in [6.45, 7) is 4.15. The molecule has 0 saturated carbocycles. The standard InChI is InChI=1S/C30H32F5N7O5/c1-28(2,3)47-27(44)37-21-14-30(34,35)19-13-20(31)18(24-38-39-26(46-24)41-10-8-29(32,33)9-11-41)12-22(19)42(25(21)43)15-16-4-6-17(7-5-16)23(36)40-45/h4-7,12-13,21,45H,8-11,14-15H2,1-3H3,(H2,36,40)(H,37,44). The summed E-state index contributed by atoms with van der Waals surface area (Å²) in [5.74, 6) is -9.41. The van der Waals surface area contributed by atoms with Crippen molar-refractivity contribution in [2.45, 2.75) is 70.1 Å². The van der Waals surface area contributed by atoms with Gasteiger partial charge in [-0.3, -0.25) is 4.79 Å². The minimum atomic E-state index is -3.83. The number of ether oxygens (including phenoxy) is 1. The molecule has 3 aromatic rings. The first kappa shape index (κ1) is 33.4. The predicted molar refractivity (Wildman–Crippen MR) is 158 cm³/mol. The quantitative estimate of drug-likeness (QED) is 0.107. The topological polar surface area (TPSA) is 159 Å². The zero-order chi connectivity index (χ0) is 34.3. The highest BCUT2D eigenvalue weighted by molar-refractivity contribution is 6.01. The van der Waals surface area contributed by atoms with E-state index in [0.717, 1.165) is 11.0 Å². The van der Waals surface area contributed by atoms with E-state index >= 15 is 13.2 Å². The van der Waals surface area contributed by atoms with Crippen LogP contribution in [0.15, 0.2) is 46.0 Å². The van der Waals surface area contributed by atoms with Crippen LogP contribution >= 0.6 is 0 Å². The molecule has 3 heterocycles. The third-order valence-corrected chi connectivity index (χ3v) is 7.59. The van der Waals surface area contributed by atoms with Crippen molar-refractivity contribution in [3.8, 4) is 11.5 Å². The van der Waals surface area contributed by atoms with Crippen LogP contribution in [-0.4, -0.2) is 63.9 Å². The number of nitrogens with one attached hydrogen (secondary N) is 1. The van der Waals surface area contributed by atoms with E-state index in [2.05, 4.69) is 20.7 Å². The molecule has 12 nitrogen and oxygen atoms in total. The summed E-state index contributed by atoms with van der Waals surface area (Å²) in [6, 6.07) is 5.56. The molecule has 1 unspecified atom stereocenters. The maximum atomic E-state index is 15.9. The maximum absolute atomic E-state index is 15.9. The summed E-state index contributed by atoms with van der Waals surface area (Å²) in [6.07, 6.45) is -3.23. The first-order chi connectivity index (χ1) is 22.0. The number of hydrogen-bond acceptors (Lipinski definition) is 9. The Kier molecular flexibility index (Phi) is 8.77. The van der Waals surface area contributed by atoms with Crippen LogP contribution in [0.4, 0.5) is 38.4 Å². The Balaban J connectivity index is 1.55. The van der Waals surface area contributed by atoms with Crippen molar-refractivity contribution in [1.82, 2.24) is 15.5 Å². The number of aromatic nitrogens is 2. The van der Waals surface area contributed by atoms with E-state index in [9.17, 15) is 18.4 Å². The Hall–Kier alpha value is -4.96. The van der Waals surface area contributed by atoms with E-state index in [1.54, 1.807) is 20.8 Å². The van der Waals surface area contributed by atoms with Crippen LogP contribution in [-0.2, 0) is 22.0 Å². The second kappa shape index (κ2) is 12.3. The van der Waals surface area contributed by atoms with Crippen molar-refractivity contribution < 1.29 is 45.9 Å². The molecule has 2 amide bonds. The van der Waals surface area contributed by atoms with E-state index in [-0.39, 0.29) is 31.5 Å². The fraction of sp³-hybridized carbons (Fsp3) is 0.433. The van der Waals surface area contributed by atoms with Gasteiger partial charge in [0.05, 0.1) is 17.8 Å². The molecule has 5 rings (SSSR count). The SMILES string of the molecule is CC(C)(C)OC(=O)NC1CC(F)(F)c2cc(F)c(-c3nnc(N4CCC(F)(F)CC4)o3)cc2N(Cc2ccc(/C(N)=N/O)cc2)C1=O. The number of piperidine rings is 1. The Morgan fingerprint density at radius 2 is 1.81 bits per heavy atom. The smallest absolute Gasteiger partial charge is 0.408 e. The molecule has 47 heavy (non-hydrogen) atoms. The molecular formula is C30H32F5N7O5. The van der Waals surface area contributed by atoms with Gasteiger partial charge >= 0.3 is 12.1 Å². The van der Waals surface area contributed by atoms with Gasteiger partial charge in [-0.05, 0) is 38.5 Å². The molecule has 2 aliphatic heterocycles. The molecule has 0 spiro atoms. The van der Waals surface area contributed by atoms with E-state index < -0.39 is 83.3 Å². The van der Waals surface area contributed by atoms with Gasteiger partial charge in [-0.15, -0.1) is 5.10 Å². The van der Waals surface area contributed by atoms with Crippen LogP contribution in [0.3, 0.4) is 0 Å². The molecule has 0 aliphatic carbocycles. The number of alkyl halides is 4. The number of rotatable bonds is 6. The lowest BCUT2D eigenvalue weighted by Gasteiger charge is -2.30. The number of carbonyl (C=O) groups is 2.